The van der Waals surface area contributed by atoms with Crippen LogP contribution in [0.3, 0.4) is 0 Å². The van der Waals surface area contributed by atoms with E-state index in [-0.39, 0.29) is 0 Å². The summed E-state index contributed by atoms with van der Waals surface area (Å²) < 4.78 is 7.42. The smallest absolute Gasteiger partial charge is 0.250 e. The van der Waals surface area contributed by atoms with Gasteiger partial charge in [0.15, 0.2) is 0 Å². The van der Waals surface area contributed by atoms with Crippen LogP contribution in [0.2, 0.25) is 0 Å². The molecule has 0 saturated heterocycles. The molecule has 1 aromatic carbocycles. The summed E-state index contributed by atoms with van der Waals surface area (Å²) in [5.41, 5.74) is 3.96. The second-order valence-corrected chi connectivity index (χ2v) is 5.57. The molecule has 2 N–H and O–H groups in total. The zero-order chi connectivity index (χ0) is 17.1. The number of aryl methyl sites for hydroxylation is 2. The molecule has 0 atom stereocenters. The van der Waals surface area contributed by atoms with E-state index in [9.17, 15) is 0 Å². The lowest BCUT2D eigenvalue weighted by atomic mass is 10.1. The van der Waals surface area contributed by atoms with Crippen LogP contribution in [-0.4, -0.2) is 26.8 Å². The Morgan fingerprint density at radius 2 is 2.04 bits per heavy atom. The Morgan fingerprint density at radius 3 is 2.79 bits per heavy atom. The van der Waals surface area contributed by atoms with Gasteiger partial charge in [-0.2, -0.15) is 0 Å². The molecule has 0 aliphatic carbocycles. The van der Waals surface area contributed by atoms with E-state index in [4.69, 9.17) is 10.6 Å². The number of aromatic nitrogens is 4. The number of hydrazine groups is 1. The highest BCUT2D eigenvalue weighted by atomic mass is 16.5. The Morgan fingerprint density at radius 1 is 1.21 bits per heavy atom. The first-order valence-electron chi connectivity index (χ1n) is 7.60. The van der Waals surface area contributed by atoms with Gasteiger partial charge >= 0.3 is 0 Å². The summed E-state index contributed by atoms with van der Waals surface area (Å²) in [6.07, 6.45) is 3.48. The Balaban J connectivity index is 1.77. The number of benzene rings is 1. The molecule has 0 bridgehead atoms. The Bertz CT molecular complexity index is 843. The predicted molar refractivity (Wildman–Crippen MR) is 92.0 cm³/mol. The van der Waals surface area contributed by atoms with E-state index >= 15 is 0 Å². The topological polar surface area (TPSA) is 82.1 Å². The summed E-state index contributed by atoms with van der Waals surface area (Å²) in [5, 5.41) is 5.95. The van der Waals surface area contributed by atoms with Crippen LogP contribution in [0, 0.1) is 13.8 Å². The van der Waals surface area contributed by atoms with Crippen molar-refractivity contribution in [3.63, 3.8) is 0 Å². The first-order valence-corrected chi connectivity index (χ1v) is 7.60. The van der Waals surface area contributed by atoms with Crippen LogP contribution in [0.1, 0.15) is 16.8 Å². The number of anilines is 1. The Hall–Kier alpha value is -2.93. The normalized spacial score (nSPS) is 10.7. The molecule has 0 amide bonds. The average molecular weight is 324 g/mol. The quantitative estimate of drug-likeness (QED) is 0.572. The maximum absolute atomic E-state index is 5.89. The monoisotopic (exact) mass is 324 g/mol. The van der Waals surface area contributed by atoms with Gasteiger partial charge in [-0.3, -0.25) is 0 Å². The van der Waals surface area contributed by atoms with Gasteiger partial charge in [-0.15, -0.1) is 5.10 Å². The van der Waals surface area contributed by atoms with Gasteiger partial charge in [-0.05, 0) is 31.5 Å². The SMILES string of the molecule is Cc1ccnc(-n2ccc(OCc3c(C)cccc3N(C)N)n2)n1. The van der Waals surface area contributed by atoms with E-state index < -0.39 is 0 Å². The maximum atomic E-state index is 5.89. The minimum atomic E-state index is 0.384. The average Bonchev–Trinajstić information content (AvgIpc) is 3.02. The molecule has 24 heavy (non-hydrogen) atoms. The third-order valence-corrected chi connectivity index (χ3v) is 3.68. The Kier molecular flexibility index (Phi) is 4.43. The molecule has 0 saturated carbocycles. The minimum absolute atomic E-state index is 0.384. The fourth-order valence-corrected chi connectivity index (χ4v) is 2.39. The lowest BCUT2D eigenvalue weighted by Gasteiger charge is -2.18. The highest BCUT2D eigenvalue weighted by Crippen LogP contribution is 2.23. The summed E-state index contributed by atoms with van der Waals surface area (Å²) in [5.74, 6) is 6.91. The van der Waals surface area contributed by atoms with Crippen molar-refractivity contribution in [1.82, 2.24) is 19.7 Å². The van der Waals surface area contributed by atoms with Crippen molar-refractivity contribution in [2.75, 3.05) is 12.1 Å². The predicted octanol–water partition coefficient (Wildman–Crippen LogP) is 2.17. The molecule has 0 spiro atoms. The second-order valence-electron chi connectivity index (χ2n) is 5.57. The van der Waals surface area contributed by atoms with Crippen LogP contribution in [0.5, 0.6) is 5.88 Å². The Labute approximate surface area is 140 Å². The highest BCUT2D eigenvalue weighted by Gasteiger charge is 2.10. The lowest BCUT2D eigenvalue weighted by molar-refractivity contribution is 0.291. The van der Waals surface area contributed by atoms with Crippen LogP contribution < -0.4 is 15.6 Å². The van der Waals surface area contributed by atoms with Crippen LogP contribution >= 0.6 is 0 Å². The lowest BCUT2D eigenvalue weighted by Crippen LogP contribution is -2.26. The van der Waals surface area contributed by atoms with Gasteiger partial charge in [0.05, 0.1) is 5.69 Å². The van der Waals surface area contributed by atoms with Crippen LogP contribution in [-0.2, 0) is 6.61 Å². The first-order chi connectivity index (χ1) is 11.5. The number of nitrogens with zero attached hydrogens (tertiary/aromatic N) is 5. The van der Waals surface area contributed by atoms with Crippen LogP contribution in [0.25, 0.3) is 5.95 Å². The van der Waals surface area contributed by atoms with E-state index in [2.05, 4.69) is 15.1 Å². The third kappa shape index (κ3) is 3.36. The van der Waals surface area contributed by atoms with E-state index in [1.54, 1.807) is 28.2 Å². The van der Waals surface area contributed by atoms with Crippen molar-refractivity contribution in [1.29, 1.82) is 0 Å². The zero-order valence-corrected chi connectivity index (χ0v) is 14.0. The summed E-state index contributed by atoms with van der Waals surface area (Å²) in [4.78, 5) is 8.54. The molecule has 0 aliphatic heterocycles. The van der Waals surface area contributed by atoms with Crippen LogP contribution in [0.4, 0.5) is 5.69 Å². The van der Waals surface area contributed by atoms with Gasteiger partial charge in [0, 0.05) is 36.8 Å². The second kappa shape index (κ2) is 6.67. The molecule has 0 aliphatic rings. The van der Waals surface area contributed by atoms with Crippen molar-refractivity contribution in [2.45, 2.75) is 20.5 Å². The molecule has 2 heterocycles. The fourth-order valence-electron chi connectivity index (χ4n) is 2.39. The number of rotatable bonds is 5. The van der Waals surface area contributed by atoms with Crippen molar-refractivity contribution in [2.24, 2.45) is 5.84 Å². The molecule has 2 aromatic heterocycles. The summed E-state index contributed by atoms with van der Waals surface area (Å²) >= 11 is 0. The van der Waals surface area contributed by atoms with E-state index in [0.29, 0.717) is 18.4 Å². The summed E-state index contributed by atoms with van der Waals surface area (Å²) in [6.45, 7) is 4.33. The molecular formula is C17H20N6O. The van der Waals surface area contributed by atoms with Gasteiger partial charge in [0.2, 0.25) is 5.88 Å². The van der Waals surface area contributed by atoms with Crippen LogP contribution in [0.15, 0.2) is 42.7 Å². The number of hydrogen-bond donors (Lipinski definition) is 1. The van der Waals surface area contributed by atoms with E-state index in [0.717, 1.165) is 22.5 Å². The molecule has 7 heteroatoms. The van der Waals surface area contributed by atoms with Crippen molar-refractivity contribution in [3.05, 3.63) is 59.5 Å². The third-order valence-electron chi connectivity index (χ3n) is 3.68. The molecular weight excluding hydrogens is 304 g/mol. The number of ether oxygens (including phenoxy) is 1. The number of hydrogen-bond acceptors (Lipinski definition) is 6. The van der Waals surface area contributed by atoms with Crippen molar-refractivity contribution in [3.8, 4) is 11.8 Å². The van der Waals surface area contributed by atoms with Gasteiger partial charge in [-0.25, -0.2) is 20.5 Å². The van der Waals surface area contributed by atoms with E-state index in [1.807, 2.05) is 45.2 Å². The fraction of sp³-hybridized carbons (Fsp3) is 0.235. The zero-order valence-electron chi connectivity index (χ0n) is 14.0. The standard InChI is InChI=1S/C17H20N6O/c1-12-5-4-6-15(22(3)18)14(12)11-24-16-8-10-23(21-16)17-19-9-7-13(2)20-17/h4-10H,11,18H2,1-3H3. The maximum Gasteiger partial charge on any atom is 0.250 e. The molecule has 7 nitrogen and oxygen atoms in total. The molecule has 3 aromatic rings. The van der Waals surface area contributed by atoms with Gasteiger partial charge in [0.1, 0.15) is 6.61 Å². The minimum Gasteiger partial charge on any atom is -0.472 e. The van der Waals surface area contributed by atoms with Gasteiger partial charge in [0.25, 0.3) is 5.95 Å². The molecule has 3 rings (SSSR count). The van der Waals surface area contributed by atoms with E-state index in [1.165, 1.54) is 0 Å². The molecule has 124 valence electrons. The van der Waals surface area contributed by atoms with Crippen molar-refractivity contribution < 1.29 is 4.74 Å². The first kappa shape index (κ1) is 15.9. The largest absolute Gasteiger partial charge is 0.472 e. The molecule has 0 fully saturated rings. The van der Waals surface area contributed by atoms with Gasteiger partial charge < -0.3 is 9.75 Å². The van der Waals surface area contributed by atoms with Gasteiger partial charge in [-0.1, -0.05) is 12.1 Å². The summed E-state index contributed by atoms with van der Waals surface area (Å²) in [7, 11) is 1.81. The highest BCUT2D eigenvalue weighted by molar-refractivity contribution is 5.55. The van der Waals surface area contributed by atoms with Crippen molar-refractivity contribution >= 4 is 5.69 Å². The molecule has 0 radical (unpaired) electrons. The summed E-state index contributed by atoms with van der Waals surface area (Å²) in [6, 6.07) is 9.60. The number of nitrogens with two attached hydrogens (primary N) is 1. The molecule has 0 unspecified atom stereocenters.